The van der Waals surface area contributed by atoms with Crippen LogP contribution >= 0.6 is 23.1 Å². The lowest BCUT2D eigenvalue weighted by atomic mass is 10.4. The van der Waals surface area contributed by atoms with Gasteiger partial charge in [-0.05, 0) is 11.4 Å². The van der Waals surface area contributed by atoms with Crippen molar-refractivity contribution in [2.24, 2.45) is 0 Å². The number of hydrogen-bond donors (Lipinski definition) is 1. The van der Waals surface area contributed by atoms with E-state index >= 15 is 0 Å². The molecule has 0 amide bonds. The third-order valence-electron chi connectivity index (χ3n) is 1.66. The maximum atomic E-state index is 5.79. The van der Waals surface area contributed by atoms with Crippen molar-refractivity contribution in [1.82, 2.24) is 9.97 Å². The average molecular weight is 223 g/mol. The van der Waals surface area contributed by atoms with Crippen LogP contribution in [0.25, 0.3) is 10.2 Å². The van der Waals surface area contributed by atoms with Crippen molar-refractivity contribution in [3.05, 3.63) is 24.1 Å². The Hall–Kier alpha value is -1.07. The quantitative estimate of drug-likeness (QED) is 0.493. The Morgan fingerprint density at radius 2 is 2.43 bits per heavy atom. The standard InChI is InChI=1S/C9H9N3S2/c1-2-4-14-9-11-7(10)6-3-5-13-8(6)12-9/h2-3,5H,1,4H2,(H2,10,11,12). The maximum Gasteiger partial charge on any atom is 0.191 e. The van der Waals surface area contributed by atoms with Gasteiger partial charge in [-0.25, -0.2) is 9.97 Å². The zero-order chi connectivity index (χ0) is 9.97. The first kappa shape index (κ1) is 9.48. The predicted molar refractivity (Wildman–Crippen MR) is 62.7 cm³/mol. The highest BCUT2D eigenvalue weighted by Crippen LogP contribution is 2.25. The van der Waals surface area contributed by atoms with Crippen LogP contribution < -0.4 is 5.73 Å². The molecule has 0 aromatic carbocycles. The Morgan fingerprint density at radius 3 is 3.21 bits per heavy atom. The van der Waals surface area contributed by atoms with Gasteiger partial charge in [0, 0.05) is 5.75 Å². The van der Waals surface area contributed by atoms with Crippen molar-refractivity contribution in [3.8, 4) is 0 Å². The zero-order valence-electron chi connectivity index (χ0n) is 7.43. The molecule has 2 aromatic heterocycles. The number of rotatable bonds is 3. The van der Waals surface area contributed by atoms with Crippen molar-refractivity contribution >= 4 is 39.1 Å². The molecular weight excluding hydrogens is 214 g/mol. The van der Waals surface area contributed by atoms with Crippen LogP contribution in [0.4, 0.5) is 5.82 Å². The molecule has 0 saturated carbocycles. The summed E-state index contributed by atoms with van der Waals surface area (Å²) in [6, 6.07) is 1.94. The van der Waals surface area contributed by atoms with Gasteiger partial charge in [-0.1, -0.05) is 17.8 Å². The van der Waals surface area contributed by atoms with Gasteiger partial charge in [0.25, 0.3) is 0 Å². The van der Waals surface area contributed by atoms with E-state index in [1.807, 2.05) is 17.5 Å². The minimum absolute atomic E-state index is 0.558. The third kappa shape index (κ3) is 1.73. The molecule has 3 nitrogen and oxygen atoms in total. The molecule has 0 radical (unpaired) electrons. The number of nitrogens with zero attached hydrogens (tertiary/aromatic N) is 2. The van der Waals surface area contributed by atoms with E-state index in [1.165, 1.54) is 11.8 Å². The number of fused-ring (bicyclic) bond motifs is 1. The van der Waals surface area contributed by atoms with E-state index in [4.69, 9.17) is 5.73 Å². The molecule has 0 aliphatic heterocycles. The Bertz CT molecular complexity index is 464. The van der Waals surface area contributed by atoms with E-state index < -0.39 is 0 Å². The second-order valence-electron chi connectivity index (χ2n) is 2.63. The van der Waals surface area contributed by atoms with E-state index in [-0.39, 0.29) is 0 Å². The largest absolute Gasteiger partial charge is 0.383 e. The third-order valence-corrected chi connectivity index (χ3v) is 3.31. The topological polar surface area (TPSA) is 51.8 Å². The van der Waals surface area contributed by atoms with Gasteiger partial charge < -0.3 is 5.73 Å². The summed E-state index contributed by atoms with van der Waals surface area (Å²) in [7, 11) is 0. The highest BCUT2D eigenvalue weighted by molar-refractivity contribution is 7.99. The van der Waals surface area contributed by atoms with Gasteiger partial charge in [-0.3, -0.25) is 0 Å². The van der Waals surface area contributed by atoms with Crippen LogP contribution in [-0.2, 0) is 0 Å². The zero-order valence-corrected chi connectivity index (χ0v) is 9.07. The monoisotopic (exact) mass is 223 g/mol. The van der Waals surface area contributed by atoms with Crippen LogP contribution in [0.15, 0.2) is 29.3 Å². The number of aromatic nitrogens is 2. The predicted octanol–water partition coefficient (Wildman–Crippen LogP) is 2.55. The first-order valence-corrected chi connectivity index (χ1v) is 5.92. The average Bonchev–Trinajstić information content (AvgIpc) is 2.63. The summed E-state index contributed by atoms with van der Waals surface area (Å²) in [5.74, 6) is 1.36. The molecular formula is C9H9N3S2. The summed E-state index contributed by atoms with van der Waals surface area (Å²) < 4.78 is 0. The van der Waals surface area contributed by atoms with E-state index in [1.54, 1.807) is 11.3 Å². The number of thiophene rings is 1. The number of anilines is 1. The molecule has 0 bridgehead atoms. The molecule has 0 atom stereocenters. The normalized spacial score (nSPS) is 10.6. The molecule has 2 N–H and O–H groups in total. The smallest absolute Gasteiger partial charge is 0.191 e. The molecule has 0 fully saturated rings. The van der Waals surface area contributed by atoms with Gasteiger partial charge in [0.05, 0.1) is 5.39 Å². The van der Waals surface area contributed by atoms with Gasteiger partial charge in [0.15, 0.2) is 5.16 Å². The summed E-state index contributed by atoms with van der Waals surface area (Å²) >= 11 is 3.12. The lowest BCUT2D eigenvalue weighted by molar-refractivity contribution is 1.02. The summed E-state index contributed by atoms with van der Waals surface area (Å²) in [4.78, 5) is 9.52. The minimum atomic E-state index is 0.558. The fourth-order valence-electron chi connectivity index (χ4n) is 1.06. The van der Waals surface area contributed by atoms with Gasteiger partial charge in [0.2, 0.25) is 0 Å². The van der Waals surface area contributed by atoms with Crippen LogP contribution in [0, 0.1) is 0 Å². The number of thioether (sulfide) groups is 1. The second kappa shape index (κ2) is 3.98. The van der Waals surface area contributed by atoms with Gasteiger partial charge in [-0.15, -0.1) is 17.9 Å². The number of nitrogens with two attached hydrogens (primary N) is 1. The fraction of sp³-hybridized carbons (Fsp3) is 0.111. The highest BCUT2D eigenvalue weighted by atomic mass is 32.2. The van der Waals surface area contributed by atoms with E-state index in [0.29, 0.717) is 5.82 Å². The molecule has 0 saturated heterocycles. The molecule has 0 aliphatic carbocycles. The van der Waals surface area contributed by atoms with Gasteiger partial charge in [0.1, 0.15) is 10.6 Å². The van der Waals surface area contributed by atoms with Crippen LogP contribution in [0.2, 0.25) is 0 Å². The molecule has 0 aliphatic rings. The van der Waals surface area contributed by atoms with Crippen LogP contribution in [0.3, 0.4) is 0 Å². The lowest BCUT2D eigenvalue weighted by Gasteiger charge is -1.99. The van der Waals surface area contributed by atoms with Crippen molar-refractivity contribution < 1.29 is 0 Å². The van der Waals surface area contributed by atoms with Crippen LogP contribution in [0.5, 0.6) is 0 Å². The molecule has 5 heteroatoms. The van der Waals surface area contributed by atoms with Gasteiger partial charge >= 0.3 is 0 Å². The Balaban J connectivity index is 2.42. The van der Waals surface area contributed by atoms with Crippen LogP contribution in [-0.4, -0.2) is 15.7 Å². The lowest BCUT2D eigenvalue weighted by Crippen LogP contribution is -1.94. The molecule has 0 unspecified atom stereocenters. The molecule has 0 spiro atoms. The first-order chi connectivity index (χ1) is 6.81. The fourth-order valence-corrected chi connectivity index (χ4v) is 2.47. The van der Waals surface area contributed by atoms with Crippen LogP contribution in [0.1, 0.15) is 0 Å². The van der Waals surface area contributed by atoms with Crippen molar-refractivity contribution in [2.45, 2.75) is 5.16 Å². The summed E-state index contributed by atoms with van der Waals surface area (Å²) in [5.41, 5.74) is 5.79. The summed E-state index contributed by atoms with van der Waals surface area (Å²) in [5, 5.41) is 3.63. The van der Waals surface area contributed by atoms with Gasteiger partial charge in [-0.2, -0.15) is 0 Å². The van der Waals surface area contributed by atoms with Crippen molar-refractivity contribution in [1.29, 1.82) is 0 Å². The molecule has 72 valence electrons. The molecule has 2 rings (SSSR count). The summed E-state index contributed by atoms with van der Waals surface area (Å²) in [6.07, 6.45) is 1.82. The minimum Gasteiger partial charge on any atom is -0.383 e. The molecule has 14 heavy (non-hydrogen) atoms. The van der Waals surface area contributed by atoms with E-state index in [2.05, 4.69) is 16.5 Å². The summed E-state index contributed by atoms with van der Waals surface area (Å²) in [6.45, 7) is 3.65. The SMILES string of the molecule is C=CCSc1nc(N)c2ccsc2n1. The Kier molecular flexibility index (Phi) is 2.69. The molecule has 2 aromatic rings. The maximum absolute atomic E-state index is 5.79. The second-order valence-corrected chi connectivity index (χ2v) is 4.51. The van der Waals surface area contributed by atoms with E-state index in [9.17, 15) is 0 Å². The van der Waals surface area contributed by atoms with Crippen molar-refractivity contribution in [2.75, 3.05) is 11.5 Å². The number of nitrogen functional groups attached to an aromatic ring is 1. The number of hydrogen-bond acceptors (Lipinski definition) is 5. The van der Waals surface area contributed by atoms with E-state index in [0.717, 1.165) is 21.1 Å². The Labute approximate surface area is 90.1 Å². The molecule has 2 heterocycles. The van der Waals surface area contributed by atoms with Crippen molar-refractivity contribution in [3.63, 3.8) is 0 Å². The Morgan fingerprint density at radius 1 is 1.57 bits per heavy atom. The highest BCUT2D eigenvalue weighted by Gasteiger charge is 2.05. The first-order valence-electron chi connectivity index (χ1n) is 4.05.